The number of piperidine rings is 1. The lowest BCUT2D eigenvalue weighted by Crippen LogP contribution is -2.55. The second-order valence-corrected chi connectivity index (χ2v) is 16.2. The minimum absolute atomic E-state index is 0.0359. The summed E-state index contributed by atoms with van der Waals surface area (Å²) < 4.78 is 20.8. The first-order chi connectivity index (χ1) is 32.0. The maximum Gasteiger partial charge on any atom is 0.416 e. The predicted molar refractivity (Wildman–Crippen MR) is 249 cm³/mol. The number of carbonyl (C=O) groups is 5. The molecule has 2 aliphatic heterocycles. The fourth-order valence-corrected chi connectivity index (χ4v) is 8.28. The molecule has 0 spiro atoms. The lowest BCUT2D eigenvalue weighted by molar-refractivity contribution is -0.116. The molecular weight excluding hydrogens is 843 g/mol. The van der Waals surface area contributed by atoms with Crippen LogP contribution in [0.15, 0.2) is 122 Å². The molecule has 0 radical (unpaired) electrons. The predicted octanol–water partition coefficient (Wildman–Crippen LogP) is 7.81. The second-order valence-electron chi connectivity index (χ2n) is 16.2. The summed E-state index contributed by atoms with van der Waals surface area (Å²) in [6.07, 6.45) is 3.74. The normalized spacial score (nSPS) is 15.5. The first kappa shape index (κ1) is 44.7. The molecule has 4 N–H and O–H groups in total. The van der Waals surface area contributed by atoms with Crippen LogP contribution in [0.4, 0.5) is 27.5 Å². The summed E-state index contributed by atoms with van der Waals surface area (Å²) in [6.45, 7) is 0.466. The number of hydrogen-bond donors (Lipinski definition) is 4. The van der Waals surface area contributed by atoms with Crippen molar-refractivity contribution in [3.05, 3.63) is 144 Å². The van der Waals surface area contributed by atoms with Gasteiger partial charge in [-0.05, 0) is 79.3 Å². The van der Waals surface area contributed by atoms with E-state index in [1.165, 1.54) is 19.2 Å². The van der Waals surface area contributed by atoms with E-state index in [2.05, 4.69) is 16.0 Å². The number of para-hydroxylation sites is 1. The van der Waals surface area contributed by atoms with Crippen molar-refractivity contribution in [1.82, 2.24) is 14.0 Å². The molecular formula is C50H51N7O9. The van der Waals surface area contributed by atoms with Crippen LogP contribution in [0.5, 0.6) is 11.5 Å². The Morgan fingerprint density at radius 1 is 0.727 bits per heavy atom. The summed E-state index contributed by atoms with van der Waals surface area (Å²) >= 11 is 0. The molecule has 340 valence electrons. The molecule has 8 rings (SSSR count). The van der Waals surface area contributed by atoms with Gasteiger partial charge in [0, 0.05) is 62.5 Å². The molecule has 2 aromatic heterocycles. The number of rotatable bonds is 14. The van der Waals surface area contributed by atoms with Crippen molar-refractivity contribution in [3.8, 4) is 22.6 Å². The summed E-state index contributed by atoms with van der Waals surface area (Å²) in [7, 11) is 4.96. The highest BCUT2D eigenvalue weighted by molar-refractivity contribution is 6.07. The zero-order valence-electron chi connectivity index (χ0n) is 36.9. The van der Waals surface area contributed by atoms with E-state index in [-0.39, 0.29) is 72.4 Å². The Morgan fingerprint density at radius 3 is 2.11 bits per heavy atom. The molecule has 66 heavy (non-hydrogen) atoms. The molecule has 5 amide bonds. The van der Waals surface area contributed by atoms with Crippen molar-refractivity contribution in [2.45, 2.75) is 51.0 Å². The van der Waals surface area contributed by atoms with Crippen molar-refractivity contribution in [2.75, 3.05) is 41.1 Å². The summed E-state index contributed by atoms with van der Waals surface area (Å²) in [5, 5.41) is 20.3. The fraction of sp³-hybridized carbons (Fsp3) is 0.260. The lowest BCUT2D eigenvalue weighted by Gasteiger charge is -2.38. The first-order valence-corrected chi connectivity index (χ1v) is 21.7. The number of aliphatic hydroxyl groups excluding tert-OH is 1. The standard InChI is InChI=1S/C50H51N7O9/c1-54-29-34(25-41(54)46(59)52-35-15-8-5-9-16-35)33-19-21-36(22-20-33)53-47(60)42-26-37(30-55(42)2)51-45(58)18-12-24-65-44-28-40-38(27-43(44)64-3)48(61)56-23-11-10-17-39(56)49(62)57(40)50(63)66-31-32-13-6-4-7-14-32/h4-9,13-16,19-22,25-30,39,49,62H,10-12,17-18,23-24,31H2,1-3H3,(H,51,58)(H,52,59)(H,53,60)/t39-,49-/m0/s1. The molecule has 16 nitrogen and oxygen atoms in total. The van der Waals surface area contributed by atoms with Crippen molar-refractivity contribution in [3.63, 3.8) is 0 Å². The first-order valence-electron chi connectivity index (χ1n) is 21.7. The number of aromatic nitrogens is 2. The number of nitrogens with zero attached hydrogens (tertiary/aromatic N) is 4. The van der Waals surface area contributed by atoms with Crippen LogP contribution in [0.25, 0.3) is 11.1 Å². The van der Waals surface area contributed by atoms with Crippen LogP contribution in [0, 0.1) is 0 Å². The van der Waals surface area contributed by atoms with E-state index in [0.717, 1.165) is 34.4 Å². The molecule has 2 aliphatic rings. The van der Waals surface area contributed by atoms with E-state index >= 15 is 0 Å². The highest BCUT2D eigenvalue weighted by Crippen LogP contribution is 2.41. The smallest absolute Gasteiger partial charge is 0.416 e. The van der Waals surface area contributed by atoms with E-state index in [1.54, 1.807) is 45.5 Å². The highest BCUT2D eigenvalue weighted by Gasteiger charge is 2.44. The summed E-state index contributed by atoms with van der Waals surface area (Å²) in [6, 6.07) is 31.5. The molecule has 0 bridgehead atoms. The van der Waals surface area contributed by atoms with Gasteiger partial charge in [-0.15, -0.1) is 0 Å². The minimum Gasteiger partial charge on any atom is -0.493 e. The number of carbonyl (C=O) groups excluding carboxylic acids is 5. The Balaban J connectivity index is 0.867. The van der Waals surface area contributed by atoms with Gasteiger partial charge in [0.15, 0.2) is 17.7 Å². The van der Waals surface area contributed by atoms with E-state index in [9.17, 15) is 29.1 Å². The molecule has 4 aromatic carbocycles. The molecule has 16 heteroatoms. The van der Waals surface area contributed by atoms with Gasteiger partial charge in [-0.3, -0.25) is 19.2 Å². The highest BCUT2D eigenvalue weighted by atomic mass is 16.6. The van der Waals surface area contributed by atoms with Crippen molar-refractivity contribution in [1.29, 1.82) is 0 Å². The number of anilines is 4. The number of methoxy groups -OCH3 is 1. The number of aliphatic hydroxyl groups is 1. The van der Waals surface area contributed by atoms with Gasteiger partial charge < -0.3 is 49.3 Å². The van der Waals surface area contributed by atoms with Gasteiger partial charge in [-0.25, -0.2) is 9.69 Å². The van der Waals surface area contributed by atoms with Crippen molar-refractivity contribution < 1.29 is 43.3 Å². The van der Waals surface area contributed by atoms with Crippen LogP contribution in [0.1, 0.15) is 69.0 Å². The number of hydrogen-bond acceptors (Lipinski definition) is 9. The van der Waals surface area contributed by atoms with Gasteiger partial charge in [0.1, 0.15) is 18.0 Å². The third-order valence-electron chi connectivity index (χ3n) is 11.7. The molecule has 0 saturated carbocycles. The molecule has 0 unspecified atom stereocenters. The maximum absolute atomic E-state index is 14.0. The van der Waals surface area contributed by atoms with Gasteiger partial charge in [-0.2, -0.15) is 0 Å². The van der Waals surface area contributed by atoms with Gasteiger partial charge in [0.05, 0.1) is 36.7 Å². The third kappa shape index (κ3) is 9.93. The van der Waals surface area contributed by atoms with Crippen LogP contribution in [0.2, 0.25) is 0 Å². The van der Waals surface area contributed by atoms with E-state index in [0.29, 0.717) is 41.4 Å². The molecule has 0 aliphatic carbocycles. The van der Waals surface area contributed by atoms with Crippen LogP contribution in [-0.2, 0) is 30.2 Å². The zero-order valence-corrected chi connectivity index (χ0v) is 36.9. The summed E-state index contributed by atoms with van der Waals surface area (Å²) in [5.41, 5.74) is 5.29. The van der Waals surface area contributed by atoms with Crippen molar-refractivity contribution >= 4 is 52.5 Å². The van der Waals surface area contributed by atoms with Gasteiger partial charge in [0.25, 0.3) is 17.7 Å². The Hall–Kier alpha value is -7.85. The lowest BCUT2D eigenvalue weighted by atomic mass is 10.0. The van der Waals surface area contributed by atoms with Crippen LogP contribution in [-0.4, -0.2) is 81.4 Å². The van der Waals surface area contributed by atoms with E-state index in [4.69, 9.17) is 14.2 Å². The number of benzene rings is 4. The quantitative estimate of drug-likeness (QED) is 0.0792. The minimum atomic E-state index is -1.38. The monoisotopic (exact) mass is 893 g/mol. The van der Waals surface area contributed by atoms with Crippen LogP contribution in [0.3, 0.4) is 0 Å². The van der Waals surface area contributed by atoms with Crippen molar-refractivity contribution in [2.24, 2.45) is 14.1 Å². The number of nitrogens with one attached hydrogen (secondary N) is 3. The Kier molecular flexibility index (Phi) is 13.5. The number of aryl methyl sites for hydroxylation is 2. The average molecular weight is 894 g/mol. The molecule has 1 saturated heterocycles. The molecule has 1 fully saturated rings. The third-order valence-corrected chi connectivity index (χ3v) is 11.7. The van der Waals surface area contributed by atoms with Crippen LogP contribution < -0.4 is 30.3 Å². The SMILES string of the molecule is COc1cc2c(cc1OCCCC(=O)Nc1cc(C(=O)Nc3ccc(-c4cc(C(=O)Nc5ccccc5)n(C)c4)cc3)n(C)c1)N(C(=O)OCc1ccccc1)[C@@H](O)[C@@H]1CCCCN1C2=O. The average Bonchev–Trinajstić information content (AvgIpc) is 3.89. The summed E-state index contributed by atoms with van der Waals surface area (Å²) in [5.74, 6) is -0.785. The van der Waals surface area contributed by atoms with E-state index < -0.39 is 18.4 Å². The van der Waals surface area contributed by atoms with Gasteiger partial charge in [0.2, 0.25) is 5.91 Å². The molecule has 2 atom stereocenters. The Morgan fingerprint density at radius 2 is 1.39 bits per heavy atom. The van der Waals surface area contributed by atoms with Gasteiger partial charge in [-0.1, -0.05) is 60.7 Å². The fourth-order valence-electron chi connectivity index (χ4n) is 8.28. The van der Waals surface area contributed by atoms with Crippen LogP contribution >= 0.6 is 0 Å². The molecule has 4 heterocycles. The number of ether oxygens (including phenoxy) is 3. The largest absolute Gasteiger partial charge is 0.493 e. The van der Waals surface area contributed by atoms with Gasteiger partial charge >= 0.3 is 6.09 Å². The number of amides is 5. The Bertz CT molecular complexity index is 2730. The number of fused-ring (bicyclic) bond motifs is 2. The molecule has 6 aromatic rings. The zero-order chi connectivity index (χ0) is 46.3. The second kappa shape index (κ2) is 19.9. The summed E-state index contributed by atoms with van der Waals surface area (Å²) in [4.78, 5) is 69.8. The van der Waals surface area contributed by atoms with E-state index in [1.807, 2.05) is 92.1 Å². The maximum atomic E-state index is 14.0. The topological polar surface area (TPSA) is 186 Å². The Labute approximate surface area is 381 Å².